The van der Waals surface area contributed by atoms with Gasteiger partial charge in [0.2, 0.25) is 0 Å². The molecule has 3 aromatic rings. The number of amides is 2. The fourth-order valence-electron chi connectivity index (χ4n) is 3.54. The van der Waals surface area contributed by atoms with Crippen molar-refractivity contribution in [2.45, 2.75) is 5.92 Å². The van der Waals surface area contributed by atoms with Crippen LogP contribution in [0.5, 0.6) is 5.75 Å². The van der Waals surface area contributed by atoms with E-state index in [0.29, 0.717) is 11.3 Å². The number of carboxylic acid groups (broad SMARTS) is 1. The number of rotatable bonds is 8. The molecule has 3 aromatic carbocycles. The molecular weight excluding hydrogens is 484 g/mol. The number of carboxylic acids is 1. The van der Waals surface area contributed by atoms with Crippen LogP contribution in [-0.2, 0) is 14.4 Å². The molecule has 35 heavy (non-hydrogen) atoms. The van der Waals surface area contributed by atoms with Crippen LogP contribution in [0.4, 0.5) is 0 Å². The number of nitrogens with one attached hydrogen (secondary N) is 1. The van der Waals surface area contributed by atoms with Gasteiger partial charge in [-0.25, -0.2) is 4.79 Å². The Morgan fingerprint density at radius 3 is 2.14 bits per heavy atom. The number of nitrogens with zero attached hydrogens (tertiary/aromatic N) is 1. The first-order chi connectivity index (χ1) is 16.9. The lowest BCUT2D eigenvalue weighted by Gasteiger charge is -2.22. The number of carbonyl (C=O) groups is 3. The lowest BCUT2D eigenvalue weighted by molar-refractivity contribution is -0.139. The second-order valence-electron chi connectivity index (χ2n) is 7.47. The van der Waals surface area contributed by atoms with Gasteiger partial charge in [-0.2, -0.15) is 5.01 Å². The highest BCUT2D eigenvalue weighted by molar-refractivity contribution is 8.26. The first-order valence-electron chi connectivity index (χ1n) is 10.6. The zero-order valence-corrected chi connectivity index (χ0v) is 19.9. The number of ether oxygens (including phenoxy) is 1. The van der Waals surface area contributed by atoms with Crippen LogP contribution in [0.3, 0.4) is 0 Å². The Kier molecular flexibility index (Phi) is 7.59. The van der Waals surface area contributed by atoms with Crippen molar-refractivity contribution < 1.29 is 24.2 Å². The molecule has 0 saturated carbocycles. The van der Waals surface area contributed by atoms with E-state index in [9.17, 15) is 14.4 Å². The number of aliphatic carboxylic acids is 1. The largest absolute Gasteiger partial charge is 0.481 e. The molecule has 0 atom stereocenters. The number of benzene rings is 3. The van der Waals surface area contributed by atoms with Crippen LogP contribution in [-0.4, -0.2) is 38.8 Å². The summed E-state index contributed by atoms with van der Waals surface area (Å²) in [5.74, 6) is -2.32. The minimum atomic E-state index is -1.11. The summed E-state index contributed by atoms with van der Waals surface area (Å²) < 4.78 is 5.49. The van der Waals surface area contributed by atoms with Crippen molar-refractivity contribution in [1.29, 1.82) is 0 Å². The predicted molar refractivity (Wildman–Crippen MR) is 137 cm³/mol. The van der Waals surface area contributed by atoms with Crippen molar-refractivity contribution in [2.75, 3.05) is 6.61 Å². The lowest BCUT2D eigenvalue weighted by Crippen LogP contribution is -2.46. The summed E-state index contributed by atoms with van der Waals surface area (Å²) >= 11 is 6.41. The summed E-state index contributed by atoms with van der Waals surface area (Å²) in [6.07, 6.45) is 1.56. The average Bonchev–Trinajstić information content (AvgIpc) is 3.12. The maximum atomic E-state index is 13.4. The number of hydrazine groups is 1. The first kappa shape index (κ1) is 24.2. The minimum absolute atomic E-state index is 0.179. The summed E-state index contributed by atoms with van der Waals surface area (Å²) in [6.45, 7) is -0.512. The van der Waals surface area contributed by atoms with Gasteiger partial charge in [-0.15, -0.1) is 0 Å². The summed E-state index contributed by atoms with van der Waals surface area (Å²) in [5, 5.41) is 9.96. The van der Waals surface area contributed by atoms with Crippen molar-refractivity contribution in [1.82, 2.24) is 10.4 Å². The molecule has 9 heteroatoms. The van der Waals surface area contributed by atoms with Crippen LogP contribution in [0.2, 0.25) is 0 Å². The second-order valence-corrected chi connectivity index (χ2v) is 9.14. The SMILES string of the molecule is O=C(O)COc1ccccc1/C=C1\SC(=S)N(NC(=O)C(c2ccccc2)c2ccccc2)C1=O. The summed E-state index contributed by atoms with van der Waals surface area (Å²) in [6, 6.07) is 25.3. The molecule has 2 amide bonds. The van der Waals surface area contributed by atoms with Crippen LogP contribution in [0, 0.1) is 0 Å². The van der Waals surface area contributed by atoms with E-state index in [1.165, 1.54) is 0 Å². The molecule has 1 aliphatic heterocycles. The van der Waals surface area contributed by atoms with Gasteiger partial charge < -0.3 is 9.84 Å². The van der Waals surface area contributed by atoms with E-state index in [4.69, 9.17) is 22.1 Å². The van der Waals surface area contributed by atoms with Crippen LogP contribution < -0.4 is 10.2 Å². The van der Waals surface area contributed by atoms with Crippen molar-refractivity contribution in [3.8, 4) is 5.75 Å². The van der Waals surface area contributed by atoms with Crippen LogP contribution >= 0.6 is 24.0 Å². The molecule has 2 N–H and O–H groups in total. The molecule has 1 heterocycles. The van der Waals surface area contributed by atoms with Crippen LogP contribution in [0.1, 0.15) is 22.6 Å². The van der Waals surface area contributed by atoms with Gasteiger partial charge in [0.05, 0.1) is 10.8 Å². The number of para-hydroxylation sites is 1. The molecule has 0 aromatic heterocycles. The van der Waals surface area contributed by atoms with Gasteiger partial charge in [-0.05, 0) is 35.5 Å². The van der Waals surface area contributed by atoms with Crippen molar-refractivity contribution in [3.05, 3.63) is 107 Å². The highest BCUT2D eigenvalue weighted by Gasteiger charge is 2.35. The number of hydrogen-bond acceptors (Lipinski definition) is 6. The maximum absolute atomic E-state index is 13.4. The fourth-order valence-corrected chi connectivity index (χ4v) is 4.71. The maximum Gasteiger partial charge on any atom is 0.341 e. The number of thioether (sulfide) groups is 1. The Balaban J connectivity index is 1.57. The van der Waals surface area contributed by atoms with Crippen molar-refractivity contribution in [3.63, 3.8) is 0 Å². The van der Waals surface area contributed by atoms with E-state index in [-0.39, 0.29) is 9.23 Å². The molecule has 0 aliphatic carbocycles. The summed E-state index contributed by atoms with van der Waals surface area (Å²) in [4.78, 5) is 37.7. The Labute approximate surface area is 211 Å². The second kappa shape index (κ2) is 11.0. The van der Waals surface area contributed by atoms with Gasteiger partial charge in [0.15, 0.2) is 10.9 Å². The molecule has 1 aliphatic rings. The fraction of sp³-hybridized carbons (Fsp3) is 0.0769. The molecule has 0 unspecified atom stereocenters. The zero-order chi connectivity index (χ0) is 24.8. The standard InChI is InChI=1S/C26H20N2O5S2/c29-22(30)16-33-20-14-8-7-13-19(20)15-21-25(32)28(26(34)35-21)27-24(31)23(17-9-3-1-4-10-17)18-11-5-2-6-12-18/h1-15,23H,16H2,(H,27,31)(H,29,30)/b21-15-. The Morgan fingerprint density at radius 2 is 1.54 bits per heavy atom. The van der Waals surface area contributed by atoms with E-state index < -0.39 is 30.3 Å². The first-order valence-corrected chi connectivity index (χ1v) is 11.8. The normalized spacial score (nSPS) is 14.4. The number of carbonyl (C=O) groups excluding carboxylic acids is 2. The third-order valence-electron chi connectivity index (χ3n) is 5.10. The predicted octanol–water partition coefficient (Wildman–Crippen LogP) is 4.21. The Morgan fingerprint density at radius 1 is 0.971 bits per heavy atom. The number of thiocarbonyl (C=S) groups is 1. The van der Waals surface area contributed by atoms with Gasteiger partial charge >= 0.3 is 5.97 Å². The van der Waals surface area contributed by atoms with Crippen LogP contribution in [0.15, 0.2) is 89.8 Å². The van der Waals surface area contributed by atoms with Crippen LogP contribution in [0.25, 0.3) is 6.08 Å². The van der Waals surface area contributed by atoms with Gasteiger partial charge in [0, 0.05) is 5.56 Å². The van der Waals surface area contributed by atoms with E-state index in [2.05, 4.69) is 5.43 Å². The Hall–Kier alpha value is -3.95. The molecule has 1 saturated heterocycles. The molecule has 0 bridgehead atoms. The third-order valence-corrected chi connectivity index (χ3v) is 6.40. The minimum Gasteiger partial charge on any atom is -0.481 e. The quantitative estimate of drug-likeness (QED) is 0.350. The molecular formula is C26H20N2O5S2. The van der Waals surface area contributed by atoms with Crippen molar-refractivity contribution >= 4 is 52.2 Å². The van der Waals surface area contributed by atoms with E-state index in [0.717, 1.165) is 27.9 Å². The lowest BCUT2D eigenvalue weighted by atomic mass is 9.91. The molecule has 1 fully saturated rings. The molecule has 0 spiro atoms. The third kappa shape index (κ3) is 5.76. The smallest absolute Gasteiger partial charge is 0.341 e. The highest BCUT2D eigenvalue weighted by atomic mass is 32.2. The average molecular weight is 505 g/mol. The van der Waals surface area contributed by atoms with Gasteiger partial charge in [0.25, 0.3) is 11.8 Å². The summed E-state index contributed by atoms with van der Waals surface area (Å²) in [5.41, 5.74) is 4.76. The topological polar surface area (TPSA) is 95.9 Å². The monoisotopic (exact) mass is 504 g/mol. The highest BCUT2D eigenvalue weighted by Crippen LogP contribution is 2.34. The molecule has 7 nitrogen and oxygen atoms in total. The van der Waals surface area contributed by atoms with Crippen molar-refractivity contribution in [2.24, 2.45) is 0 Å². The zero-order valence-electron chi connectivity index (χ0n) is 18.3. The molecule has 176 valence electrons. The van der Waals surface area contributed by atoms with Gasteiger partial charge in [-0.3, -0.25) is 15.0 Å². The van der Waals surface area contributed by atoms with Gasteiger partial charge in [-0.1, -0.05) is 90.6 Å². The number of hydrogen-bond donors (Lipinski definition) is 2. The van der Waals surface area contributed by atoms with E-state index in [1.807, 2.05) is 60.7 Å². The van der Waals surface area contributed by atoms with Gasteiger partial charge in [0.1, 0.15) is 5.75 Å². The molecule has 0 radical (unpaired) electrons. The molecule has 4 rings (SSSR count). The Bertz CT molecular complexity index is 1260. The van der Waals surface area contributed by atoms with E-state index >= 15 is 0 Å². The summed E-state index contributed by atoms with van der Waals surface area (Å²) in [7, 11) is 0. The van der Waals surface area contributed by atoms with E-state index in [1.54, 1.807) is 30.3 Å².